The molecule has 1 saturated carbocycles. The number of rotatable bonds is 4. The first-order chi connectivity index (χ1) is 10.4. The van der Waals surface area contributed by atoms with Crippen molar-refractivity contribution < 1.29 is 4.74 Å². The van der Waals surface area contributed by atoms with Crippen molar-refractivity contribution in [3.05, 3.63) is 29.8 Å². The molecular weight excluding hydrogens is 260 g/mol. The Morgan fingerprint density at radius 1 is 1.14 bits per heavy atom. The number of fused-ring (bicyclic) bond motifs is 1. The van der Waals surface area contributed by atoms with Crippen LogP contribution in [0, 0.1) is 17.2 Å². The van der Waals surface area contributed by atoms with Gasteiger partial charge in [0, 0.05) is 12.6 Å². The van der Waals surface area contributed by atoms with Crippen LogP contribution >= 0.6 is 0 Å². The van der Waals surface area contributed by atoms with Crippen LogP contribution in [0.15, 0.2) is 24.3 Å². The van der Waals surface area contributed by atoms with Gasteiger partial charge in [-0.05, 0) is 50.3 Å². The van der Waals surface area contributed by atoms with Crippen molar-refractivity contribution in [2.75, 3.05) is 19.7 Å². The molecular formula is C18H24N2O. The topological polar surface area (TPSA) is 36.3 Å². The van der Waals surface area contributed by atoms with E-state index < -0.39 is 0 Å². The number of likely N-dealkylation sites (tertiary alicyclic amines) is 1. The van der Waals surface area contributed by atoms with Crippen LogP contribution in [0.3, 0.4) is 0 Å². The van der Waals surface area contributed by atoms with E-state index >= 15 is 0 Å². The monoisotopic (exact) mass is 284 g/mol. The van der Waals surface area contributed by atoms with Crippen LogP contribution in [0.4, 0.5) is 0 Å². The zero-order valence-corrected chi connectivity index (χ0v) is 12.6. The average molecular weight is 284 g/mol. The molecule has 0 bridgehead atoms. The molecule has 2 aliphatic rings. The van der Waals surface area contributed by atoms with Crippen molar-refractivity contribution in [3.8, 4) is 11.8 Å². The summed E-state index contributed by atoms with van der Waals surface area (Å²) >= 11 is 0. The Hall–Kier alpha value is -1.53. The first-order valence-corrected chi connectivity index (χ1v) is 8.24. The van der Waals surface area contributed by atoms with E-state index in [0.29, 0.717) is 12.2 Å². The minimum absolute atomic E-state index is 0.631. The number of para-hydroxylation sites is 1. The summed E-state index contributed by atoms with van der Waals surface area (Å²) in [6, 6.07) is 10.5. The minimum atomic E-state index is 0.631. The number of ether oxygens (including phenoxy) is 1. The van der Waals surface area contributed by atoms with Gasteiger partial charge in [0.2, 0.25) is 0 Å². The molecule has 1 aromatic rings. The Bertz CT molecular complexity index is 506. The molecule has 2 atom stereocenters. The van der Waals surface area contributed by atoms with Gasteiger partial charge in [-0.25, -0.2) is 0 Å². The lowest BCUT2D eigenvalue weighted by atomic mass is 9.78. The Labute approximate surface area is 127 Å². The van der Waals surface area contributed by atoms with Gasteiger partial charge >= 0.3 is 0 Å². The summed E-state index contributed by atoms with van der Waals surface area (Å²) in [5, 5.41) is 9.08. The van der Waals surface area contributed by atoms with Crippen molar-refractivity contribution in [1.82, 2.24) is 4.90 Å². The van der Waals surface area contributed by atoms with Gasteiger partial charge in [-0.15, -0.1) is 0 Å². The van der Waals surface area contributed by atoms with Crippen LogP contribution < -0.4 is 4.74 Å². The summed E-state index contributed by atoms with van der Waals surface area (Å²) in [4.78, 5) is 2.63. The predicted molar refractivity (Wildman–Crippen MR) is 83.2 cm³/mol. The number of hydrogen-bond donors (Lipinski definition) is 0. The van der Waals surface area contributed by atoms with E-state index in [9.17, 15) is 0 Å². The van der Waals surface area contributed by atoms with E-state index in [0.717, 1.165) is 24.3 Å². The molecule has 0 unspecified atom stereocenters. The lowest BCUT2D eigenvalue weighted by molar-refractivity contribution is 0.0501. The van der Waals surface area contributed by atoms with Crippen LogP contribution in [0.25, 0.3) is 0 Å². The Morgan fingerprint density at radius 2 is 1.95 bits per heavy atom. The highest BCUT2D eigenvalue weighted by atomic mass is 16.5. The zero-order chi connectivity index (χ0) is 14.5. The fourth-order valence-electron chi connectivity index (χ4n) is 3.96. The van der Waals surface area contributed by atoms with Crippen molar-refractivity contribution in [2.24, 2.45) is 5.92 Å². The third-order valence-corrected chi connectivity index (χ3v) is 5.00. The Morgan fingerprint density at radius 3 is 2.86 bits per heavy atom. The van der Waals surface area contributed by atoms with Crippen molar-refractivity contribution >= 4 is 0 Å². The van der Waals surface area contributed by atoms with E-state index in [1.54, 1.807) is 0 Å². The van der Waals surface area contributed by atoms with Crippen LogP contribution in [0.5, 0.6) is 5.75 Å². The fourth-order valence-corrected chi connectivity index (χ4v) is 3.96. The van der Waals surface area contributed by atoms with Crippen LogP contribution in [-0.4, -0.2) is 30.6 Å². The summed E-state index contributed by atoms with van der Waals surface area (Å²) < 4.78 is 5.85. The highest BCUT2D eigenvalue weighted by Crippen LogP contribution is 2.35. The van der Waals surface area contributed by atoms with E-state index in [1.807, 2.05) is 24.3 Å². The van der Waals surface area contributed by atoms with Gasteiger partial charge in [-0.3, -0.25) is 4.90 Å². The second-order valence-electron chi connectivity index (χ2n) is 6.25. The zero-order valence-electron chi connectivity index (χ0n) is 12.6. The molecule has 2 fully saturated rings. The Balaban J connectivity index is 1.54. The first-order valence-electron chi connectivity index (χ1n) is 8.24. The third kappa shape index (κ3) is 3.39. The molecule has 1 heterocycles. The van der Waals surface area contributed by atoms with Gasteiger partial charge < -0.3 is 4.74 Å². The lowest BCUT2D eigenvalue weighted by Crippen LogP contribution is -2.48. The molecule has 1 saturated heterocycles. The molecule has 3 rings (SSSR count). The van der Waals surface area contributed by atoms with Gasteiger partial charge in [-0.2, -0.15) is 5.26 Å². The summed E-state index contributed by atoms with van der Waals surface area (Å²) in [7, 11) is 0. The standard InChI is InChI=1S/C18H24N2O/c19-14-16-7-2-4-10-18(16)21-13-12-20-11-5-8-15-6-1-3-9-17(15)20/h2,4,7,10,15,17H,1,3,5-6,8-9,11-13H2/t15-,17+/m0/s1. The van der Waals surface area contributed by atoms with Crippen LogP contribution in [0.2, 0.25) is 0 Å². The second kappa shape index (κ2) is 6.95. The average Bonchev–Trinajstić information content (AvgIpc) is 2.55. The summed E-state index contributed by atoms with van der Waals surface area (Å²) in [6.07, 6.45) is 8.32. The normalized spacial score (nSPS) is 25.9. The van der Waals surface area contributed by atoms with Crippen LogP contribution in [-0.2, 0) is 0 Å². The molecule has 1 aliphatic carbocycles. The maximum Gasteiger partial charge on any atom is 0.137 e. The van der Waals surface area contributed by atoms with Crippen molar-refractivity contribution in [2.45, 2.75) is 44.6 Å². The third-order valence-electron chi connectivity index (χ3n) is 5.00. The van der Waals surface area contributed by atoms with E-state index in [4.69, 9.17) is 10.00 Å². The van der Waals surface area contributed by atoms with E-state index in [1.165, 1.54) is 45.1 Å². The number of nitrogens with zero attached hydrogens (tertiary/aromatic N) is 2. The molecule has 3 heteroatoms. The molecule has 0 spiro atoms. The first kappa shape index (κ1) is 14.4. The van der Waals surface area contributed by atoms with E-state index in [2.05, 4.69) is 11.0 Å². The molecule has 112 valence electrons. The van der Waals surface area contributed by atoms with Gasteiger partial charge in [0.05, 0.1) is 5.56 Å². The molecule has 0 radical (unpaired) electrons. The number of hydrogen-bond acceptors (Lipinski definition) is 3. The van der Waals surface area contributed by atoms with Gasteiger partial charge in [0.25, 0.3) is 0 Å². The van der Waals surface area contributed by atoms with Gasteiger partial charge in [0.1, 0.15) is 18.4 Å². The highest BCUT2D eigenvalue weighted by molar-refractivity contribution is 5.42. The van der Waals surface area contributed by atoms with Gasteiger partial charge in [0.15, 0.2) is 0 Å². The molecule has 1 aliphatic heterocycles. The van der Waals surface area contributed by atoms with Crippen molar-refractivity contribution in [3.63, 3.8) is 0 Å². The largest absolute Gasteiger partial charge is 0.491 e. The molecule has 21 heavy (non-hydrogen) atoms. The molecule has 0 N–H and O–H groups in total. The number of nitriles is 1. The smallest absolute Gasteiger partial charge is 0.137 e. The molecule has 3 nitrogen and oxygen atoms in total. The fraction of sp³-hybridized carbons (Fsp3) is 0.611. The van der Waals surface area contributed by atoms with E-state index in [-0.39, 0.29) is 0 Å². The second-order valence-corrected chi connectivity index (χ2v) is 6.25. The summed E-state index contributed by atoms with van der Waals surface area (Å²) in [5.74, 6) is 1.64. The molecule has 0 aromatic heterocycles. The maximum atomic E-state index is 9.08. The summed E-state index contributed by atoms with van der Waals surface area (Å²) in [6.45, 7) is 2.88. The predicted octanol–water partition coefficient (Wildman–Crippen LogP) is 3.59. The molecule has 1 aromatic carbocycles. The highest BCUT2D eigenvalue weighted by Gasteiger charge is 2.32. The minimum Gasteiger partial charge on any atom is -0.491 e. The lowest BCUT2D eigenvalue weighted by Gasteiger charge is -2.44. The SMILES string of the molecule is N#Cc1ccccc1OCCN1CCC[C@@H]2CCCC[C@H]21. The van der Waals surface area contributed by atoms with Crippen molar-refractivity contribution in [1.29, 1.82) is 5.26 Å². The summed E-state index contributed by atoms with van der Waals surface area (Å²) in [5.41, 5.74) is 0.631. The van der Waals surface area contributed by atoms with Gasteiger partial charge in [-0.1, -0.05) is 25.0 Å². The number of piperidine rings is 1. The maximum absolute atomic E-state index is 9.08. The molecule has 0 amide bonds. The number of benzene rings is 1. The Kier molecular flexibility index (Phi) is 4.77. The quantitative estimate of drug-likeness (QED) is 0.847. The van der Waals surface area contributed by atoms with Crippen LogP contribution in [0.1, 0.15) is 44.1 Å².